The van der Waals surface area contributed by atoms with Crippen LogP contribution in [0.25, 0.3) is 83.6 Å². The number of nitrogens with zero attached hydrogens (tertiary/aromatic N) is 3. The molecule has 2 aliphatic carbocycles. The van der Waals surface area contributed by atoms with E-state index in [0.717, 1.165) is 39.3 Å². The number of hydrogen-bond donors (Lipinski definition) is 0. The zero-order valence-corrected chi connectivity index (χ0v) is 36.2. The van der Waals surface area contributed by atoms with Gasteiger partial charge in [-0.25, -0.2) is 9.97 Å². The van der Waals surface area contributed by atoms with Crippen molar-refractivity contribution in [3.05, 3.63) is 258 Å². The van der Waals surface area contributed by atoms with Crippen LogP contribution in [0.4, 0.5) is 0 Å². The molecule has 0 fully saturated rings. The lowest BCUT2D eigenvalue weighted by atomic mass is 9.55. The molecule has 0 N–H and O–H groups in total. The van der Waals surface area contributed by atoms with E-state index in [4.69, 9.17) is 9.97 Å². The first-order valence-electron chi connectivity index (χ1n) is 22.6. The fourth-order valence-corrected chi connectivity index (χ4v) is 11.4. The summed E-state index contributed by atoms with van der Waals surface area (Å²) in [5.41, 5.74) is 20.8. The maximum atomic E-state index is 5.29. The standard InChI is InChI=1S/C62H43N3/c1-61(2)50-27-10-12-29-52(50)62(53-30-13-11-28-51(53)61)49-26-9-6-24-48(49)59-45(25-17-31-54(59)62)42-20-16-21-43(38-42)56-39-55(63-60(64-56)41-18-4-3-5-19-41)40-34-36-44(37-35-40)65-57-32-14-7-22-46(57)47-23-8-15-33-58(47)65/h3-39H,1-2H3. The van der Waals surface area contributed by atoms with Crippen molar-refractivity contribution >= 4 is 21.8 Å². The largest absolute Gasteiger partial charge is 0.309 e. The molecule has 0 bridgehead atoms. The van der Waals surface area contributed by atoms with E-state index in [0.29, 0.717) is 5.82 Å². The lowest BCUT2D eigenvalue weighted by Gasteiger charge is -2.46. The van der Waals surface area contributed by atoms with Gasteiger partial charge in [0, 0.05) is 38.6 Å². The first kappa shape index (κ1) is 37.4. The van der Waals surface area contributed by atoms with Gasteiger partial charge in [0.2, 0.25) is 0 Å². The van der Waals surface area contributed by atoms with Gasteiger partial charge in [-0.15, -0.1) is 0 Å². The second-order valence-electron chi connectivity index (χ2n) is 18.1. The highest BCUT2D eigenvalue weighted by molar-refractivity contribution is 6.09. The molecule has 0 amide bonds. The molecule has 11 aromatic rings. The van der Waals surface area contributed by atoms with E-state index < -0.39 is 5.41 Å². The molecule has 2 aromatic heterocycles. The van der Waals surface area contributed by atoms with Crippen molar-refractivity contribution in [2.45, 2.75) is 24.7 Å². The average molecular weight is 830 g/mol. The Morgan fingerprint density at radius 1 is 0.354 bits per heavy atom. The maximum Gasteiger partial charge on any atom is 0.160 e. The first-order chi connectivity index (χ1) is 32.0. The third kappa shape index (κ3) is 5.42. The Morgan fingerprint density at radius 3 is 1.52 bits per heavy atom. The monoisotopic (exact) mass is 829 g/mol. The summed E-state index contributed by atoms with van der Waals surface area (Å²) in [6.45, 7) is 4.76. The van der Waals surface area contributed by atoms with Gasteiger partial charge in [-0.05, 0) is 92.0 Å². The molecule has 0 atom stereocenters. The normalized spacial score (nSPS) is 13.9. The van der Waals surface area contributed by atoms with E-state index in [1.165, 1.54) is 71.9 Å². The van der Waals surface area contributed by atoms with Crippen LogP contribution in [-0.4, -0.2) is 14.5 Å². The van der Waals surface area contributed by atoms with Crippen molar-refractivity contribution in [3.8, 4) is 61.8 Å². The molecule has 3 heteroatoms. The molecule has 306 valence electrons. The number of rotatable bonds is 5. The van der Waals surface area contributed by atoms with Gasteiger partial charge in [-0.1, -0.05) is 202 Å². The molecule has 65 heavy (non-hydrogen) atoms. The third-order valence-electron chi connectivity index (χ3n) is 14.3. The summed E-state index contributed by atoms with van der Waals surface area (Å²) >= 11 is 0. The van der Waals surface area contributed by atoms with E-state index in [1.54, 1.807) is 0 Å². The van der Waals surface area contributed by atoms with Gasteiger partial charge in [-0.3, -0.25) is 0 Å². The number of fused-ring (bicyclic) bond motifs is 12. The highest BCUT2D eigenvalue weighted by atomic mass is 15.0. The zero-order chi connectivity index (χ0) is 43.3. The summed E-state index contributed by atoms with van der Waals surface area (Å²) in [6, 6.07) is 81.9. The second kappa shape index (κ2) is 14.2. The molecular weight excluding hydrogens is 787 g/mol. The third-order valence-corrected chi connectivity index (χ3v) is 14.3. The Kier molecular flexibility index (Phi) is 8.17. The number of benzene rings is 9. The lowest BCUT2D eigenvalue weighted by Crippen LogP contribution is -2.40. The van der Waals surface area contributed by atoms with Crippen LogP contribution in [0.5, 0.6) is 0 Å². The highest BCUT2D eigenvalue weighted by Crippen LogP contribution is 2.63. The predicted molar refractivity (Wildman–Crippen MR) is 268 cm³/mol. The van der Waals surface area contributed by atoms with Gasteiger partial charge in [0.1, 0.15) is 0 Å². The summed E-state index contributed by atoms with van der Waals surface area (Å²) in [5, 5.41) is 2.50. The Balaban J connectivity index is 0.963. The van der Waals surface area contributed by atoms with Crippen LogP contribution in [0.3, 0.4) is 0 Å². The van der Waals surface area contributed by atoms with Gasteiger partial charge in [0.05, 0.1) is 27.8 Å². The van der Waals surface area contributed by atoms with Gasteiger partial charge in [-0.2, -0.15) is 0 Å². The molecule has 2 aliphatic rings. The van der Waals surface area contributed by atoms with Gasteiger partial charge >= 0.3 is 0 Å². The maximum absolute atomic E-state index is 5.29. The van der Waals surface area contributed by atoms with Crippen molar-refractivity contribution in [2.24, 2.45) is 0 Å². The smallest absolute Gasteiger partial charge is 0.160 e. The zero-order valence-electron chi connectivity index (χ0n) is 36.2. The summed E-state index contributed by atoms with van der Waals surface area (Å²) in [4.78, 5) is 10.5. The van der Waals surface area contributed by atoms with Gasteiger partial charge < -0.3 is 4.57 Å². The topological polar surface area (TPSA) is 30.7 Å². The van der Waals surface area contributed by atoms with Crippen LogP contribution >= 0.6 is 0 Å². The Bertz CT molecular complexity index is 3580. The molecule has 1 spiro atoms. The SMILES string of the molecule is CC1(C)c2ccccc2C2(c3ccccc3-c3c(-c4cccc(-c5cc(-c6ccc(-n7c8ccccc8c8ccccc87)cc6)nc(-c6ccccc6)n5)c4)cccc32)c2ccccc21. The second-order valence-corrected chi connectivity index (χ2v) is 18.1. The molecule has 0 unspecified atom stereocenters. The molecule has 13 rings (SSSR count). The van der Waals surface area contributed by atoms with Crippen LogP contribution in [0.15, 0.2) is 224 Å². The van der Waals surface area contributed by atoms with Crippen molar-refractivity contribution in [1.82, 2.24) is 14.5 Å². The van der Waals surface area contributed by atoms with E-state index >= 15 is 0 Å². The Labute approximate surface area is 379 Å². The summed E-state index contributed by atoms with van der Waals surface area (Å²) in [5.74, 6) is 0.698. The lowest BCUT2D eigenvalue weighted by molar-refractivity contribution is 0.563. The van der Waals surface area contributed by atoms with E-state index in [2.05, 4.69) is 237 Å². The highest BCUT2D eigenvalue weighted by Gasteiger charge is 2.53. The summed E-state index contributed by atoms with van der Waals surface area (Å²) < 4.78 is 2.36. The molecule has 3 nitrogen and oxygen atoms in total. The molecule has 2 heterocycles. The van der Waals surface area contributed by atoms with E-state index in [-0.39, 0.29) is 5.41 Å². The molecule has 9 aromatic carbocycles. The van der Waals surface area contributed by atoms with Crippen LogP contribution in [-0.2, 0) is 10.8 Å². The fourth-order valence-electron chi connectivity index (χ4n) is 11.4. The molecule has 0 saturated carbocycles. The molecule has 0 saturated heterocycles. The van der Waals surface area contributed by atoms with Crippen LogP contribution in [0.1, 0.15) is 47.2 Å². The minimum Gasteiger partial charge on any atom is -0.309 e. The number of aromatic nitrogens is 3. The first-order valence-corrected chi connectivity index (χ1v) is 22.6. The average Bonchev–Trinajstić information content (AvgIpc) is 3.87. The molecular formula is C62H43N3. The minimum absolute atomic E-state index is 0.147. The van der Waals surface area contributed by atoms with Gasteiger partial charge in [0.15, 0.2) is 5.82 Å². The van der Waals surface area contributed by atoms with E-state index in [9.17, 15) is 0 Å². The van der Waals surface area contributed by atoms with Crippen molar-refractivity contribution in [2.75, 3.05) is 0 Å². The summed E-state index contributed by atoms with van der Waals surface area (Å²) in [6.07, 6.45) is 0. The predicted octanol–water partition coefficient (Wildman–Crippen LogP) is 15.2. The van der Waals surface area contributed by atoms with Crippen LogP contribution in [0, 0.1) is 0 Å². The molecule has 0 aliphatic heterocycles. The number of para-hydroxylation sites is 2. The van der Waals surface area contributed by atoms with E-state index in [1.807, 2.05) is 6.07 Å². The molecule has 0 radical (unpaired) electrons. The number of hydrogen-bond acceptors (Lipinski definition) is 2. The Morgan fingerprint density at radius 2 is 0.846 bits per heavy atom. The van der Waals surface area contributed by atoms with Gasteiger partial charge in [0.25, 0.3) is 0 Å². The fraction of sp³-hybridized carbons (Fsp3) is 0.0645. The quantitative estimate of drug-likeness (QED) is 0.173. The minimum atomic E-state index is -0.453. The van der Waals surface area contributed by atoms with Crippen LogP contribution in [0.2, 0.25) is 0 Å². The van der Waals surface area contributed by atoms with Crippen molar-refractivity contribution in [3.63, 3.8) is 0 Å². The summed E-state index contributed by atoms with van der Waals surface area (Å²) in [7, 11) is 0. The van der Waals surface area contributed by atoms with Crippen molar-refractivity contribution < 1.29 is 0 Å². The Hall–Kier alpha value is -8.14. The van der Waals surface area contributed by atoms with Crippen LogP contribution < -0.4 is 0 Å². The van der Waals surface area contributed by atoms with Crippen molar-refractivity contribution in [1.29, 1.82) is 0 Å².